The lowest BCUT2D eigenvalue weighted by Gasteiger charge is -2.24. The van der Waals surface area contributed by atoms with E-state index in [2.05, 4.69) is 10.1 Å². The lowest BCUT2D eigenvalue weighted by Crippen LogP contribution is -2.27. The Morgan fingerprint density at radius 2 is 1.54 bits per heavy atom. The van der Waals surface area contributed by atoms with Gasteiger partial charge in [-0.1, -0.05) is 0 Å². The number of carbonyl (C=O) groups is 4. The van der Waals surface area contributed by atoms with Gasteiger partial charge in [-0.15, -0.1) is 0 Å². The van der Waals surface area contributed by atoms with Gasteiger partial charge in [-0.05, 0) is 67.8 Å². The minimum Gasteiger partial charge on any atom is -0.428 e. The number of anilines is 2. The number of hydrogen-bond donors (Lipinski definition) is 1. The van der Waals surface area contributed by atoms with Crippen LogP contribution in [-0.4, -0.2) is 37.6 Å². The van der Waals surface area contributed by atoms with Crippen molar-refractivity contribution in [2.75, 3.05) is 24.1 Å². The van der Waals surface area contributed by atoms with E-state index in [0.29, 0.717) is 22.1 Å². The average Bonchev–Trinajstić information content (AvgIpc) is 2.50. The summed E-state index contributed by atoms with van der Waals surface area (Å²) in [6.07, 6.45) is 0. The summed E-state index contributed by atoms with van der Waals surface area (Å²) in [5.74, 6) is -1.88. The van der Waals surface area contributed by atoms with Crippen molar-refractivity contribution in [3.8, 4) is 0 Å². The Labute approximate surface area is 191 Å². The molecule has 0 unspecified atom stereocenters. The minimum atomic E-state index is -0.735. The number of amides is 2. The summed E-state index contributed by atoms with van der Waals surface area (Å²) >= 11 is 5.89. The highest BCUT2D eigenvalue weighted by atomic mass is 127. The van der Waals surface area contributed by atoms with Crippen LogP contribution in [0.25, 0.3) is 0 Å². The van der Waals surface area contributed by atoms with E-state index in [0.717, 1.165) is 0 Å². The van der Waals surface area contributed by atoms with Crippen molar-refractivity contribution in [1.82, 2.24) is 0 Å². The van der Waals surface area contributed by atoms with Crippen molar-refractivity contribution in [3.63, 3.8) is 0 Å². The van der Waals surface area contributed by atoms with E-state index in [9.17, 15) is 19.2 Å². The molecule has 2 amide bonds. The van der Waals surface area contributed by atoms with Gasteiger partial charge >= 0.3 is 11.9 Å². The van der Waals surface area contributed by atoms with Crippen LogP contribution in [0.15, 0.2) is 0 Å². The molecular formula is C15H15I3N2O6. The van der Waals surface area contributed by atoms with E-state index >= 15 is 0 Å². The van der Waals surface area contributed by atoms with E-state index in [4.69, 9.17) is 4.74 Å². The Bertz CT molecular complexity index is 781. The largest absolute Gasteiger partial charge is 0.428 e. The molecule has 1 aromatic rings. The molecule has 1 N–H and O–H groups in total. The van der Waals surface area contributed by atoms with Crippen molar-refractivity contribution >= 4 is 103 Å². The van der Waals surface area contributed by atoms with Crippen LogP contribution in [0.2, 0.25) is 0 Å². The monoisotopic (exact) mass is 700 g/mol. The van der Waals surface area contributed by atoms with Crippen molar-refractivity contribution in [2.24, 2.45) is 0 Å². The zero-order valence-corrected chi connectivity index (χ0v) is 20.7. The smallest absolute Gasteiger partial charge is 0.343 e. The average molecular weight is 700 g/mol. The van der Waals surface area contributed by atoms with Crippen LogP contribution in [0.5, 0.6) is 0 Å². The van der Waals surface area contributed by atoms with Gasteiger partial charge in [-0.2, -0.15) is 0 Å². The molecular weight excluding hydrogens is 685 g/mol. The quantitative estimate of drug-likeness (QED) is 0.288. The molecule has 0 heterocycles. The fourth-order valence-electron chi connectivity index (χ4n) is 1.81. The van der Waals surface area contributed by atoms with Gasteiger partial charge in [0.25, 0.3) is 0 Å². The first-order chi connectivity index (χ1) is 12.0. The van der Waals surface area contributed by atoms with Crippen LogP contribution < -0.4 is 10.2 Å². The van der Waals surface area contributed by atoms with Gasteiger partial charge in [0.15, 0.2) is 0 Å². The summed E-state index contributed by atoms with van der Waals surface area (Å²) < 4.78 is 11.2. The number of halogens is 3. The topological polar surface area (TPSA) is 102 Å². The van der Waals surface area contributed by atoms with Crippen LogP contribution in [0.4, 0.5) is 11.4 Å². The van der Waals surface area contributed by atoms with Crippen molar-refractivity contribution in [1.29, 1.82) is 0 Å². The predicted octanol–water partition coefficient (Wildman–Crippen LogP) is 3.12. The molecule has 0 fully saturated rings. The first-order valence-corrected chi connectivity index (χ1v) is 10.2. The summed E-state index contributed by atoms with van der Waals surface area (Å²) in [6, 6.07) is 0. The van der Waals surface area contributed by atoms with E-state index in [1.165, 1.54) is 25.7 Å². The molecule has 0 atom stereocenters. The van der Waals surface area contributed by atoms with Gasteiger partial charge in [-0.25, -0.2) is 4.79 Å². The van der Waals surface area contributed by atoms with E-state index in [1.54, 1.807) is 7.05 Å². The molecule has 0 saturated heterocycles. The molecule has 0 spiro atoms. The second-order valence-corrected chi connectivity index (χ2v) is 8.22. The molecule has 0 aromatic heterocycles. The third kappa shape index (κ3) is 5.64. The van der Waals surface area contributed by atoms with Crippen LogP contribution in [0.1, 0.15) is 31.1 Å². The minimum absolute atomic E-state index is 0.172. The van der Waals surface area contributed by atoms with Crippen LogP contribution >= 0.6 is 67.8 Å². The SMILES string of the molecule is CC(=O)Nc1c(I)c(C(=O)OCOC(C)=O)c(I)c(N(C)C(C)=O)c1I. The lowest BCUT2D eigenvalue weighted by atomic mass is 10.1. The normalized spacial score (nSPS) is 10.1. The summed E-state index contributed by atoms with van der Waals surface area (Å²) in [5.41, 5.74) is 1.05. The summed E-state index contributed by atoms with van der Waals surface area (Å²) in [6.45, 7) is 3.40. The molecule has 11 heteroatoms. The maximum atomic E-state index is 12.5. The van der Waals surface area contributed by atoms with E-state index in [-0.39, 0.29) is 17.4 Å². The van der Waals surface area contributed by atoms with Crippen molar-refractivity contribution in [3.05, 3.63) is 16.3 Å². The Kier molecular flexibility index (Phi) is 8.98. The van der Waals surface area contributed by atoms with Crippen LogP contribution in [0.3, 0.4) is 0 Å². The third-order valence-electron chi connectivity index (χ3n) is 3.06. The third-order valence-corrected chi connectivity index (χ3v) is 6.24. The van der Waals surface area contributed by atoms with Gasteiger partial charge in [0.1, 0.15) is 0 Å². The number of rotatable bonds is 5. The molecule has 0 saturated carbocycles. The highest BCUT2D eigenvalue weighted by Gasteiger charge is 2.28. The molecule has 0 aliphatic carbocycles. The van der Waals surface area contributed by atoms with Gasteiger partial charge in [-0.3, -0.25) is 14.4 Å². The van der Waals surface area contributed by atoms with Crippen LogP contribution in [0, 0.1) is 10.7 Å². The van der Waals surface area contributed by atoms with Crippen molar-refractivity contribution < 1.29 is 28.7 Å². The number of ether oxygens (including phenoxy) is 2. The van der Waals surface area contributed by atoms with E-state index in [1.807, 2.05) is 67.8 Å². The van der Waals surface area contributed by atoms with Gasteiger partial charge < -0.3 is 19.7 Å². The summed E-state index contributed by atoms with van der Waals surface area (Å²) in [5, 5.41) is 2.68. The number of nitrogens with one attached hydrogen (secondary N) is 1. The van der Waals surface area contributed by atoms with Gasteiger partial charge in [0, 0.05) is 27.8 Å². The molecule has 0 radical (unpaired) electrons. The molecule has 1 aromatic carbocycles. The molecule has 26 heavy (non-hydrogen) atoms. The number of benzene rings is 1. The maximum absolute atomic E-state index is 12.5. The van der Waals surface area contributed by atoms with Crippen molar-refractivity contribution in [2.45, 2.75) is 20.8 Å². The zero-order valence-electron chi connectivity index (χ0n) is 14.2. The number of esters is 2. The number of carbonyl (C=O) groups excluding carboxylic acids is 4. The van der Waals surface area contributed by atoms with Gasteiger partial charge in [0.2, 0.25) is 18.6 Å². The molecule has 1 rings (SSSR count). The molecule has 0 aliphatic heterocycles. The lowest BCUT2D eigenvalue weighted by molar-refractivity contribution is -0.149. The summed E-state index contributed by atoms with van der Waals surface area (Å²) in [7, 11) is 1.57. The zero-order chi connectivity index (χ0) is 20.2. The fourth-order valence-corrected chi connectivity index (χ4v) is 6.41. The molecule has 142 valence electrons. The molecule has 8 nitrogen and oxygen atoms in total. The van der Waals surface area contributed by atoms with Gasteiger partial charge in [0.05, 0.1) is 27.6 Å². The highest BCUT2D eigenvalue weighted by Crippen LogP contribution is 2.40. The second-order valence-electron chi connectivity index (χ2n) is 4.99. The van der Waals surface area contributed by atoms with E-state index < -0.39 is 18.7 Å². The maximum Gasteiger partial charge on any atom is 0.343 e. The Balaban J connectivity index is 3.54. The standard InChI is InChI=1S/C15H15I3N2O6/c1-6(21)19-13-10(16)9(15(24)26-5-25-8(3)23)11(17)14(12(13)18)20(4)7(2)22/h5H2,1-4H3,(H,19,21). The highest BCUT2D eigenvalue weighted by molar-refractivity contribution is 14.1. The number of nitrogens with zero attached hydrogens (tertiary/aromatic N) is 1. The fraction of sp³-hybridized carbons (Fsp3) is 0.333. The second kappa shape index (κ2) is 10.0. The summed E-state index contributed by atoms with van der Waals surface area (Å²) in [4.78, 5) is 48.2. The first kappa shape index (κ1) is 23.3. The van der Waals surface area contributed by atoms with Crippen LogP contribution in [-0.2, 0) is 23.9 Å². The Morgan fingerprint density at radius 3 is 2.00 bits per heavy atom. The first-order valence-electron chi connectivity index (χ1n) is 7.01. The molecule has 0 aliphatic rings. The Hall–Kier alpha value is -0.710. The molecule has 0 bridgehead atoms. The number of hydrogen-bond acceptors (Lipinski definition) is 6. The predicted molar refractivity (Wildman–Crippen MR) is 120 cm³/mol. The Morgan fingerprint density at radius 1 is 0.962 bits per heavy atom.